The molecule has 0 aromatic rings. The fourth-order valence-electron chi connectivity index (χ4n) is 2.82. The van der Waals surface area contributed by atoms with Crippen molar-refractivity contribution in [1.82, 2.24) is 0 Å². The van der Waals surface area contributed by atoms with Crippen molar-refractivity contribution in [3.8, 4) is 0 Å². The van der Waals surface area contributed by atoms with Gasteiger partial charge in [-0.25, -0.2) is 0 Å². The van der Waals surface area contributed by atoms with Gasteiger partial charge in [0.05, 0.1) is 5.97 Å². The van der Waals surface area contributed by atoms with Gasteiger partial charge in [0.2, 0.25) is 0 Å². The van der Waals surface area contributed by atoms with Gasteiger partial charge in [0.15, 0.2) is 0 Å². The summed E-state index contributed by atoms with van der Waals surface area (Å²) >= 11 is 0. The molecule has 0 aromatic carbocycles. The maximum absolute atomic E-state index is 10.2. The largest absolute Gasteiger partial charge is 1.00 e. The second kappa shape index (κ2) is 28.8. The molecule has 0 aromatic heterocycles. The van der Waals surface area contributed by atoms with Crippen LogP contribution in [0.2, 0.25) is 0 Å². The first-order valence-corrected chi connectivity index (χ1v) is 12.8. The van der Waals surface area contributed by atoms with Crippen molar-refractivity contribution in [2.75, 3.05) is 6.61 Å². The number of hydrogen-bond donors (Lipinski definition) is 2. The number of aliphatic hydroxyl groups is 1. The van der Waals surface area contributed by atoms with Gasteiger partial charge in [0.25, 0.3) is 10.1 Å². The van der Waals surface area contributed by atoms with Crippen LogP contribution in [-0.2, 0) is 19.7 Å². The van der Waals surface area contributed by atoms with Gasteiger partial charge in [-0.3, -0.25) is 4.55 Å². The summed E-state index contributed by atoms with van der Waals surface area (Å²) in [4.78, 5) is 19.7. The van der Waals surface area contributed by atoms with Crippen LogP contribution in [0, 0.1) is 0 Å². The maximum Gasteiger partial charge on any atom is 1.00 e. The van der Waals surface area contributed by atoms with Gasteiger partial charge in [0.1, 0.15) is 5.25 Å². The third-order valence-corrected chi connectivity index (χ3v) is 5.72. The quantitative estimate of drug-likeness (QED) is 0.0775. The summed E-state index contributed by atoms with van der Waals surface area (Å²) in [6.45, 7) is 2.64. The second-order valence-electron chi connectivity index (χ2n) is 7.56. The molecular formula is C22H40Na2O8S. The molecule has 0 amide bonds. The average Bonchev–Trinajstić information content (AvgIpc) is 2.68. The van der Waals surface area contributed by atoms with Crippen LogP contribution in [0.1, 0.15) is 103 Å². The summed E-state index contributed by atoms with van der Waals surface area (Å²) in [5, 5.41) is 25.9. The zero-order valence-electron chi connectivity index (χ0n) is 20.8. The van der Waals surface area contributed by atoms with Crippen LogP contribution in [0.15, 0.2) is 12.2 Å². The SMILES string of the molecule is CCCCCCCC/C=C\CCCCCCCCO.O=C([O-])CC(C(=O)[O-])S(=O)(=O)O.[Na+].[Na+]. The molecule has 0 bridgehead atoms. The molecule has 1 atom stereocenters. The van der Waals surface area contributed by atoms with Crippen LogP contribution in [0.25, 0.3) is 0 Å². The molecule has 184 valence electrons. The van der Waals surface area contributed by atoms with Crippen molar-refractivity contribution >= 4 is 22.1 Å². The smallest absolute Gasteiger partial charge is 0.550 e. The van der Waals surface area contributed by atoms with Crippen LogP contribution < -0.4 is 69.3 Å². The number of carbonyl (C=O) groups is 2. The fraction of sp³-hybridized carbons (Fsp3) is 0.818. The first kappa shape index (κ1) is 40.7. The van der Waals surface area contributed by atoms with Crippen molar-refractivity contribution in [3.05, 3.63) is 12.2 Å². The van der Waals surface area contributed by atoms with E-state index >= 15 is 0 Å². The van der Waals surface area contributed by atoms with Crippen LogP contribution >= 0.6 is 0 Å². The van der Waals surface area contributed by atoms with Gasteiger partial charge in [-0.1, -0.05) is 76.9 Å². The van der Waals surface area contributed by atoms with Gasteiger partial charge in [-0.05, 0) is 32.1 Å². The Morgan fingerprint density at radius 2 is 1.18 bits per heavy atom. The molecule has 8 nitrogen and oxygen atoms in total. The minimum absolute atomic E-state index is 0. The molecular weight excluding hydrogens is 470 g/mol. The molecule has 1 unspecified atom stereocenters. The van der Waals surface area contributed by atoms with Crippen LogP contribution in [0.3, 0.4) is 0 Å². The maximum atomic E-state index is 10.2. The fourth-order valence-corrected chi connectivity index (χ4v) is 3.41. The minimum atomic E-state index is -4.94. The van der Waals surface area contributed by atoms with Crippen molar-refractivity contribution in [2.24, 2.45) is 0 Å². The molecule has 0 aliphatic carbocycles. The number of aliphatic carboxylic acids is 2. The Balaban J connectivity index is -0.000000262. The van der Waals surface area contributed by atoms with E-state index in [0.717, 1.165) is 6.42 Å². The van der Waals surface area contributed by atoms with Crippen molar-refractivity contribution in [1.29, 1.82) is 0 Å². The summed E-state index contributed by atoms with van der Waals surface area (Å²) in [7, 11) is -4.94. The molecule has 33 heavy (non-hydrogen) atoms. The molecule has 0 aliphatic heterocycles. The van der Waals surface area contributed by atoms with Gasteiger partial charge < -0.3 is 24.9 Å². The Kier molecular flexibility index (Phi) is 35.5. The van der Waals surface area contributed by atoms with Gasteiger partial charge in [0, 0.05) is 19.0 Å². The van der Waals surface area contributed by atoms with E-state index in [1.54, 1.807) is 0 Å². The standard InChI is InChI=1S/C18H36O.C4H6O7S.2Na/c1-2-3-4-5-6-7-8-9-10-11-12-13-14-15-16-17-18-19;5-3(6)1-2(4(7)8)12(9,10)11;;/h9-10,19H,2-8,11-18H2,1H3;2H,1H2,(H,5,6)(H,7,8)(H,9,10,11);;/q;;2*+1/p-2/b10-9-;;;. The van der Waals surface area contributed by atoms with Crippen LogP contribution in [0.5, 0.6) is 0 Å². The van der Waals surface area contributed by atoms with E-state index in [0.29, 0.717) is 6.61 Å². The van der Waals surface area contributed by atoms with Crippen molar-refractivity contribution in [3.63, 3.8) is 0 Å². The number of unbranched alkanes of at least 4 members (excludes halogenated alkanes) is 12. The molecule has 0 heterocycles. The first-order valence-electron chi connectivity index (χ1n) is 11.3. The summed E-state index contributed by atoms with van der Waals surface area (Å²) in [5.41, 5.74) is 0. The third-order valence-electron chi connectivity index (χ3n) is 4.64. The number of rotatable bonds is 19. The number of hydrogen-bond acceptors (Lipinski definition) is 7. The van der Waals surface area contributed by atoms with Gasteiger partial charge in [-0.2, -0.15) is 8.42 Å². The normalized spacial score (nSPS) is 11.6. The average molecular weight is 511 g/mol. The van der Waals surface area contributed by atoms with E-state index in [1.165, 1.54) is 83.5 Å². The predicted octanol–water partition coefficient (Wildman–Crippen LogP) is -3.84. The number of carboxylic acids is 2. The summed E-state index contributed by atoms with van der Waals surface area (Å²) < 4.78 is 28.5. The van der Waals surface area contributed by atoms with Crippen molar-refractivity contribution < 1.29 is 97.0 Å². The monoisotopic (exact) mass is 510 g/mol. The second-order valence-corrected chi connectivity index (χ2v) is 9.16. The summed E-state index contributed by atoms with van der Waals surface area (Å²) in [6.07, 6.45) is 21.9. The van der Waals surface area contributed by atoms with E-state index < -0.39 is 33.7 Å². The zero-order valence-corrected chi connectivity index (χ0v) is 25.6. The van der Waals surface area contributed by atoms with Crippen LogP contribution in [0.4, 0.5) is 0 Å². The van der Waals surface area contributed by atoms with E-state index in [4.69, 9.17) is 9.66 Å². The minimum Gasteiger partial charge on any atom is -0.550 e. The molecule has 11 heteroatoms. The Bertz CT molecular complexity index is 583. The van der Waals surface area contributed by atoms with E-state index in [1.807, 2.05) is 0 Å². The zero-order chi connectivity index (χ0) is 24.0. The molecule has 0 saturated carbocycles. The predicted molar refractivity (Wildman–Crippen MR) is 117 cm³/mol. The number of aliphatic hydroxyl groups excluding tert-OH is 1. The topological polar surface area (TPSA) is 155 Å². The Hall–Kier alpha value is 0.550. The van der Waals surface area contributed by atoms with E-state index in [2.05, 4.69) is 19.1 Å². The molecule has 0 rings (SSSR count). The Labute approximate surface area is 244 Å². The number of carbonyl (C=O) groups excluding carboxylic acids is 2. The van der Waals surface area contributed by atoms with Crippen molar-refractivity contribution in [2.45, 2.75) is 108 Å². The number of allylic oxidation sites excluding steroid dienone is 2. The Morgan fingerprint density at radius 1 is 0.788 bits per heavy atom. The third kappa shape index (κ3) is 32.5. The molecule has 0 radical (unpaired) electrons. The summed E-state index contributed by atoms with van der Waals surface area (Å²) in [5.74, 6) is -4.08. The molecule has 0 spiro atoms. The molecule has 0 saturated heterocycles. The number of carboxylic acid groups (broad SMARTS) is 2. The molecule has 0 aliphatic rings. The van der Waals surface area contributed by atoms with E-state index in [9.17, 15) is 28.2 Å². The van der Waals surface area contributed by atoms with E-state index in [-0.39, 0.29) is 59.1 Å². The molecule has 2 N–H and O–H groups in total. The summed E-state index contributed by atoms with van der Waals surface area (Å²) in [6, 6.07) is 0. The van der Waals surface area contributed by atoms with Crippen LogP contribution in [-0.4, -0.2) is 41.9 Å². The Morgan fingerprint density at radius 3 is 1.48 bits per heavy atom. The molecule has 0 fully saturated rings. The first-order chi connectivity index (χ1) is 14.7. The van der Waals surface area contributed by atoms with Gasteiger partial charge >= 0.3 is 59.1 Å². The van der Waals surface area contributed by atoms with Gasteiger partial charge in [-0.15, -0.1) is 0 Å².